The van der Waals surface area contributed by atoms with E-state index in [1.165, 1.54) is 11.1 Å². The molecule has 1 aliphatic rings. The van der Waals surface area contributed by atoms with Crippen LogP contribution in [0.4, 0.5) is 0 Å². The quantitative estimate of drug-likeness (QED) is 0.791. The third-order valence-corrected chi connectivity index (χ3v) is 4.76. The molecule has 0 amide bonds. The summed E-state index contributed by atoms with van der Waals surface area (Å²) in [4.78, 5) is 6.82. The van der Waals surface area contributed by atoms with Gasteiger partial charge in [0, 0.05) is 12.1 Å². The van der Waals surface area contributed by atoms with Gasteiger partial charge in [0.05, 0.1) is 17.8 Å². The van der Waals surface area contributed by atoms with E-state index in [2.05, 4.69) is 70.5 Å². The third-order valence-electron chi connectivity index (χ3n) is 4.76. The first-order valence-electron chi connectivity index (χ1n) is 8.70. The van der Waals surface area contributed by atoms with E-state index in [1.54, 1.807) is 0 Å². The van der Waals surface area contributed by atoms with Crippen molar-refractivity contribution in [2.24, 2.45) is 5.92 Å². The number of aromatic nitrogens is 4. The molecule has 130 valence electrons. The van der Waals surface area contributed by atoms with E-state index >= 15 is 0 Å². The molecular formula is C19H23N5O. The smallest absolute Gasteiger partial charge is 0.236 e. The summed E-state index contributed by atoms with van der Waals surface area (Å²) in [5, 5.41) is 11.5. The number of rotatable bonds is 4. The summed E-state index contributed by atoms with van der Waals surface area (Å²) in [7, 11) is 4.13. The number of nitrogens with one attached hydrogen (secondary N) is 1. The van der Waals surface area contributed by atoms with Crippen LogP contribution in [0.15, 0.2) is 35.0 Å². The molecule has 3 aromatic rings. The second kappa shape index (κ2) is 6.44. The lowest BCUT2D eigenvalue weighted by molar-refractivity contribution is 0.333. The van der Waals surface area contributed by atoms with Crippen molar-refractivity contribution in [1.82, 2.24) is 25.2 Å². The van der Waals surface area contributed by atoms with Crippen molar-refractivity contribution in [3.8, 4) is 11.4 Å². The summed E-state index contributed by atoms with van der Waals surface area (Å²) in [6.07, 6.45) is 3.97. The average molecular weight is 337 g/mol. The van der Waals surface area contributed by atoms with Gasteiger partial charge in [0.25, 0.3) is 0 Å². The second-order valence-corrected chi connectivity index (χ2v) is 7.30. The molecule has 1 aliphatic carbocycles. The van der Waals surface area contributed by atoms with Crippen molar-refractivity contribution in [1.29, 1.82) is 0 Å². The normalized spacial score (nSPS) is 20.0. The monoisotopic (exact) mass is 337 g/mol. The van der Waals surface area contributed by atoms with E-state index in [0.29, 0.717) is 17.6 Å². The molecule has 2 atom stereocenters. The van der Waals surface area contributed by atoms with E-state index in [-0.39, 0.29) is 5.92 Å². The number of H-pyrrole nitrogens is 1. The third kappa shape index (κ3) is 3.22. The molecule has 4 rings (SSSR count). The predicted molar refractivity (Wildman–Crippen MR) is 95.0 cm³/mol. The summed E-state index contributed by atoms with van der Waals surface area (Å²) in [6, 6.07) is 8.33. The minimum atomic E-state index is 0.107. The molecule has 6 nitrogen and oxygen atoms in total. The van der Waals surface area contributed by atoms with Crippen LogP contribution in [0.1, 0.15) is 42.0 Å². The van der Waals surface area contributed by atoms with Crippen LogP contribution in [0.3, 0.4) is 0 Å². The van der Waals surface area contributed by atoms with Gasteiger partial charge in [-0.1, -0.05) is 36.3 Å². The Bertz CT molecular complexity index is 849. The van der Waals surface area contributed by atoms with Crippen LogP contribution in [0.2, 0.25) is 0 Å². The number of benzene rings is 1. The SMILES string of the molecule is CC1Cc2cn[nH]c2C(c2nc(-c3ccc(CN(C)C)cc3)no2)C1. The van der Waals surface area contributed by atoms with Crippen LogP contribution >= 0.6 is 0 Å². The first-order chi connectivity index (χ1) is 12.1. The fraction of sp³-hybridized carbons (Fsp3) is 0.421. The topological polar surface area (TPSA) is 70.8 Å². The zero-order valence-corrected chi connectivity index (χ0v) is 14.9. The summed E-state index contributed by atoms with van der Waals surface area (Å²) >= 11 is 0. The largest absolute Gasteiger partial charge is 0.338 e. The number of hydrogen-bond acceptors (Lipinski definition) is 5. The fourth-order valence-electron chi connectivity index (χ4n) is 3.61. The van der Waals surface area contributed by atoms with Gasteiger partial charge in [0.15, 0.2) is 0 Å². The average Bonchev–Trinajstić information content (AvgIpc) is 3.23. The molecule has 2 unspecified atom stereocenters. The number of fused-ring (bicyclic) bond motifs is 1. The molecule has 2 aromatic heterocycles. The molecule has 0 aliphatic heterocycles. The molecular weight excluding hydrogens is 314 g/mol. The number of aromatic amines is 1. The van der Waals surface area contributed by atoms with E-state index in [4.69, 9.17) is 4.52 Å². The first kappa shape index (κ1) is 16.0. The molecule has 0 saturated carbocycles. The maximum absolute atomic E-state index is 5.61. The minimum Gasteiger partial charge on any atom is -0.338 e. The standard InChI is InChI=1S/C19H23N5O/c1-12-8-15-10-20-22-17(15)16(9-12)19-21-18(23-25-19)14-6-4-13(5-7-14)11-24(2)3/h4-7,10,12,16H,8-9,11H2,1-3H3,(H,20,22). The Morgan fingerprint density at radius 2 is 2.04 bits per heavy atom. The van der Waals surface area contributed by atoms with Gasteiger partial charge in [-0.15, -0.1) is 0 Å². The number of hydrogen-bond donors (Lipinski definition) is 1. The highest BCUT2D eigenvalue weighted by Crippen LogP contribution is 2.37. The minimum absolute atomic E-state index is 0.107. The second-order valence-electron chi connectivity index (χ2n) is 7.30. The van der Waals surface area contributed by atoms with Gasteiger partial charge in [-0.25, -0.2) is 0 Å². The first-order valence-corrected chi connectivity index (χ1v) is 8.70. The lowest BCUT2D eigenvalue weighted by atomic mass is 9.81. The van der Waals surface area contributed by atoms with Gasteiger partial charge in [-0.3, -0.25) is 5.10 Å². The van der Waals surface area contributed by atoms with Crippen LogP contribution in [-0.2, 0) is 13.0 Å². The Labute approximate surface area is 147 Å². The van der Waals surface area contributed by atoms with Gasteiger partial charge < -0.3 is 9.42 Å². The van der Waals surface area contributed by atoms with E-state index in [1.807, 2.05) is 6.20 Å². The van der Waals surface area contributed by atoms with Crippen molar-refractivity contribution in [3.63, 3.8) is 0 Å². The molecule has 0 saturated heterocycles. The Morgan fingerprint density at radius 1 is 1.24 bits per heavy atom. The Kier molecular flexibility index (Phi) is 4.13. The van der Waals surface area contributed by atoms with Crippen molar-refractivity contribution in [2.75, 3.05) is 14.1 Å². The number of nitrogens with zero attached hydrogens (tertiary/aromatic N) is 4. The summed E-state index contributed by atoms with van der Waals surface area (Å²) < 4.78 is 5.61. The van der Waals surface area contributed by atoms with Crippen LogP contribution < -0.4 is 0 Å². The highest BCUT2D eigenvalue weighted by Gasteiger charge is 2.31. The summed E-state index contributed by atoms with van der Waals surface area (Å²) in [5.74, 6) is 2.00. The van der Waals surface area contributed by atoms with Crippen molar-refractivity contribution in [2.45, 2.75) is 32.2 Å². The highest BCUT2D eigenvalue weighted by atomic mass is 16.5. The van der Waals surface area contributed by atoms with E-state index in [9.17, 15) is 0 Å². The molecule has 2 heterocycles. The summed E-state index contributed by atoms with van der Waals surface area (Å²) in [6.45, 7) is 3.17. The summed E-state index contributed by atoms with van der Waals surface area (Å²) in [5.41, 5.74) is 4.62. The Hall–Kier alpha value is -2.47. The van der Waals surface area contributed by atoms with Crippen LogP contribution in [-0.4, -0.2) is 39.3 Å². The van der Waals surface area contributed by atoms with Crippen LogP contribution in [0.25, 0.3) is 11.4 Å². The zero-order valence-electron chi connectivity index (χ0n) is 14.9. The molecule has 0 bridgehead atoms. The molecule has 1 N–H and O–H groups in total. The Balaban J connectivity index is 1.59. The molecule has 25 heavy (non-hydrogen) atoms. The van der Waals surface area contributed by atoms with Gasteiger partial charge >= 0.3 is 0 Å². The van der Waals surface area contributed by atoms with Crippen molar-refractivity contribution >= 4 is 0 Å². The van der Waals surface area contributed by atoms with Gasteiger partial charge in [0.2, 0.25) is 11.7 Å². The van der Waals surface area contributed by atoms with Gasteiger partial charge in [-0.2, -0.15) is 10.1 Å². The molecule has 1 aromatic carbocycles. The van der Waals surface area contributed by atoms with Crippen molar-refractivity contribution in [3.05, 3.63) is 53.2 Å². The molecule has 0 spiro atoms. The van der Waals surface area contributed by atoms with E-state index < -0.39 is 0 Å². The Morgan fingerprint density at radius 3 is 2.80 bits per heavy atom. The highest BCUT2D eigenvalue weighted by molar-refractivity contribution is 5.54. The fourth-order valence-corrected chi connectivity index (χ4v) is 3.61. The lowest BCUT2D eigenvalue weighted by Crippen LogP contribution is -2.17. The van der Waals surface area contributed by atoms with Crippen LogP contribution in [0, 0.1) is 5.92 Å². The lowest BCUT2D eigenvalue weighted by Gasteiger charge is -2.23. The van der Waals surface area contributed by atoms with Gasteiger partial charge in [0.1, 0.15) is 0 Å². The van der Waals surface area contributed by atoms with E-state index in [0.717, 1.165) is 30.6 Å². The maximum atomic E-state index is 5.61. The molecule has 0 radical (unpaired) electrons. The zero-order chi connectivity index (χ0) is 17.4. The van der Waals surface area contributed by atoms with Crippen LogP contribution in [0.5, 0.6) is 0 Å². The van der Waals surface area contributed by atoms with Gasteiger partial charge in [-0.05, 0) is 44.0 Å². The van der Waals surface area contributed by atoms with Crippen molar-refractivity contribution < 1.29 is 4.52 Å². The molecule has 6 heteroatoms. The maximum Gasteiger partial charge on any atom is 0.236 e. The molecule has 0 fully saturated rings. The predicted octanol–water partition coefficient (Wildman–Crippen LogP) is 3.24.